The summed E-state index contributed by atoms with van der Waals surface area (Å²) in [5, 5.41) is 0.769. The van der Waals surface area contributed by atoms with Gasteiger partial charge in [-0.1, -0.05) is 27.5 Å². The van der Waals surface area contributed by atoms with Crippen molar-refractivity contribution in [2.75, 3.05) is 13.1 Å². The van der Waals surface area contributed by atoms with Crippen LogP contribution in [0.3, 0.4) is 0 Å². The smallest absolute Gasteiger partial charge is 0.0634 e. The molecule has 1 aromatic rings. The maximum Gasteiger partial charge on any atom is 0.0634 e. The number of rotatable bonds is 2. The third-order valence-corrected chi connectivity index (χ3v) is 3.55. The second kappa shape index (κ2) is 4.60. The molecule has 14 heavy (non-hydrogen) atoms. The number of halogens is 2. The van der Waals surface area contributed by atoms with Gasteiger partial charge in [-0.15, -0.1) is 0 Å². The van der Waals surface area contributed by atoms with E-state index < -0.39 is 0 Å². The van der Waals surface area contributed by atoms with Gasteiger partial charge in [0.1, 0.15) is 0 Å². The van der Waals surface area contributed by atoms with Crippen LogP contribution in [0.15, 0.2) is 18.5 Å². The van der Waals surface area contributed by atoms with Gasteiger partial charge >= 0.3 is 0 Å². The molecule has 1 atom stereocenters. The van der Waals surface area contributed by atoms with Crippen LogP contribution in [0, 0.1) is 0 Å². The van der Waals surface area contributed by atoms with E-state index in [2.05, 4.69) is 25.8 Å². The largest absolute Gasteiger partial charge is 0.298 e. The minimum Gasteiger partial charge on any atom is -0.298 e. The van der Waals surface area contributed by atoms with Gasteiger partial charge in [0.25, 0.3) is 0 Å². The molecule has 0 spiro atoms. The lowest BCUT2D eigenvalue weighted by molar-refractivity contribution is 0.332. The van der Waals surface area contributed by atoms with Crippen molar-refractivity contribution in [3.8, 4) is 0 Å². The Morgan fingerprint density at radius 2 is 2.50 bits per heavy atom. The van der Waals surface area contributed by atoms with Gasteiger partial charge < -0.3 is 0 Å². The van der Waals surface area contributed by atoms with E-state index in [-0.39, 0.29) is 0 Å². The van der Waals surface area contributed by atoms with Crippen molar-refractivity contribution < 1.29 is 0 Å². The van der Waals surface area contributed by atoms with Crippen LogP contribution >= 0.6 is 27.5 Å². The van der Waals surface area contributed by atoms with E-state index in [9.17, 15) is 0 Å². The minimum absolute atomic E-state index is 0.642. The van der Waals surface area contributed by atoms with Crippen molar-refractivity contribution in [3.63, 3.8) is 0 Å². The van der Waals surface area contributed by atoms with E-state index in [1.807, 2.05) is 6.07 Å². The summed E-state index contributed by atoms with van der Waals surface area (Å²) in [6.45, 7) is 3.19. The molecule has 0 amide bonds. The average Bonchev–Trinajstić information content (AvgIpc) is 2.56. The number of aromatic nitrogens is 1. The molecule has 1 aromatic heterocycles. The lowest BCUT2D eigenvalue weighted by Crippen LogP contribution is -2.20. The second-order valence-electron chi connectivity index (χ2n) is 3.59. The number of hydrogen-bond acceptors (Lipinski definition) is 2. The summed E-state index contributed by atoms with van der Waals surface area (Å²) in [4.78, 5) is 7.02. The summed E-state index contributed by atoms with van der Waals surface area (Å²) in [6.07, 6.45) is 4.73. The first-order chi connectivity index (χ1) is 6.75. The van der Waals surface area contributed by atoms with Crippen molar-refractivity contribution in [3.05, 3.63) is 29.0 Å². The molecule has 1 saturated heterocycles. The third-order valence-electron chi connectivity index (χ3n) is 2.47. The number of hydrogen-bond donors (Lipinski definition) is 0. The summed E-state index contributed by atoms with van der Waals surface area (Å²) >= 11 is 9.66. The Kier molecular flexibility index (Phi) is 3.42. The van der Waals surface area contributed by atoms with E-state index in [0.717, 1.165) is 24.7 Å². The van der Waals surface area contributed by atoms with Gasteiger partial charge in [-0.05, 0) is 24.6 Å². The van der Waals surface area contributed by atoms with Gasteiger partial charge in [-0.25, -0.2) is 0 Å². The topological polar surface area (TPSA) is 16.1 Å². The Morgan fingerprint density at radius 1 is 1.64 bits per heavy atom. The average molecular weight is 276 g/mol. The predicted molar refractivity (Wildman–Crippen MR) is 61.9 cm³/mol. The summed E-state index contributed by atoms with van der Waals surface area (Å²) in [5.74, 6) is 0. The molecule has 0 aromatic carbocycles. The highest BCUT2D eigenvalue weighted by Crippen LogP contribution is 2.21. The summed E-state index contributed by atoms with van der Waals surface area (Å²) in [6, 6.07) is 1.99. The molecule has 2 nitrogen and oxygen atoms in total. The fraction of sp³-hybridized carbons (Fsp3) is 0.500. The van der Waals surface area contributed by atoms with Crippen LogP contribution in [0.2, 0.25) is 5.02 Å². The van der Waals surface area contributed by atoms with Gasteiger partial charge in [-0.2, -0.15) is 0 Å². The Bertz CT molecular complexity index is 319. The van der Waals surface area contributed by atoms with Crippen molar-refractivity contribution in [1.82, 2.24) is 9.88 Å². The Labute approximate surface area is 97.4 Å². The van der Waals surface area contributed by atoms with Gasteiger partial charge in [0.2, 0.25) is 0 Å². The van der Waals surface area contributed by atoms with Crippen molar-refractivity contribution in [1.29, 1.82) is 0 Å². The van der Waals surface area contributed by atoms with Crippen LogP contribution in [0.25, 0.3) is 0 Å². The first-order valence-corrected chi connectivity index (χ1v) is 6.00. The molecule has 1 aliphatic rings. The quantitative estimate of drug-likeness (QED) is 0.772. The molecular weight excluding hydrogens is 263 g/mol. The standard InChI is InChI=1S/C10H12BrClN2/c11-9-2-4-14(7-9)6-8-1-3-13-5-10(8)12/h1,3,5,9H,2,4,6-7H2. The predicted octanol–water partition coefficient (Wildman–Crippen LogP) is 2.70. The van der Waals surface area contributed by atoms with Crippen LogP contribution in [-0.4, -0.2) is 27.8 Å². The zero-order chi connectivity index (χ0) is 9.97. The molecule has 2 heterocycles. The van der Waals surface area contributed by atoms with Crippen LogP contribution in [-0.2, 0) is 6.54 Å². The third kappa shape index (κ3) is 2.47. The van der Waals surface area contributed by atoms with Crippen molar-refractivity contribution >= 4 is 27.5 Å². The summed E-state index contributed by atoms with van der Waals surface area (Å²) in [7, 11) is 0. The molecule has 0 bridgehead atoms. The van der Waals surface area contributed by atoms with Crippen molar-refractivity contribution in [2.24, 2.45) is 0 Å². The normalized spacial score (nSPS) is 22.9. The molecule has 76 valence electrons. The molecule has 0 N–H and O–H groups in total. The highest BCUT2D eigenvalue weighted by atomic mass is 79.9. The highest BCUT2D eigenvalue weighted by molar-refractivity contribution is 9.09. The highest BCUT2D eigenvalue weighted by Gasteiger charge is 2.20. The van der Waals surface area contributed by atoms with Gasteiger partial charge in [0, 0.05) is 30.3 Å². The molecule has 2 rings (SSSR count). The lowest BCUT2D eigenvalue weighted by Gasteiger charge is -2.15. The molecule has 0 radical (unpaired) electrons. The Hall–Kier alpha value is -0.120. The van der Waals surface area contributed by atoms with E-state index in [1.54, 1.807) is 12.4 Å². The number of pyridine rings is 1. The van der Waals surface area contributed by atoms with Crippen molar-refractivity contribution in [2.45, 2.75) is 17.8 Å². The van der Waals surface area contributed by atoms with Gasteiger partial charge in [-0.3, -0.25) is 9.88 Å². The fourth-order valence-corrected chi connectivity index (χ4v) is 2.50. The second-order valence-corrected chi connectivity index (χ2v) is 5.29. The van der Waals surface area contributed by atoms with Crippen LogP contribution in [0.4, 0.5) is 0 Å². The minimum atomic E-state index is 0.642. The van der Waals surface area contributed by atoms with E-state index in [1.165, 1.54) is 12.0 Å². The van der Waals surface area contributed by atoms with E-state index in [0.29, 0.717) is 4.83 Å². The van der Waals surface area contributed by atoms with Crippen LogP contribution in [0.1, 0.15) is 12.0 Å². The Balaban J connectivity index is 2.01. The van der Waals surface area contributed by atoms with Crippen LogP contribution in [0.5, 0.6) is 0 Å². The maximum atomic E-state index is 6.04. The van der Waals surface area contributed by atoms with Gasteiger partial charge in [0.05, 0.1) is 5.02 Å². The zero-order valence-electron chi connectivity index (χ0n) is 7.79. The molecule has 1 aliphatic heterocycles. The van der Waals surface area contributed by atoms with Gasteiger partial charge in [0.15, 0.2) is 0 Å². The molecule has 1 fully saturated rings. The first kappa shape index (κ1) is 10.4. The van der Waals surface area contributed by atoms with E-state index >= 15 is 0 Å². The summed E-state index contributed by atoms with van der Waals surface area (Å²) in [5.41, 5.74) is 1.17. The molecule has 0 aliphatic carbocycles. The summed E-state index contributed by atoms with van der Waals surface area (Å²) < 4.78 is 0. The number of alkyl halides is 1. The monoisotopic (exact) mass is 274 g/mol. The maximum absolute atomic E-state index is 6.04. The van der Waals surface area contributed by atoms with E-state index in [4.69, 9.17) is 11.6 Å². The molecule has 4 heteroatoms. The molecule has 0 saturated carbocycles. The first-order valence-electron chi connectivity index (χ1n) is 4.70. The Morgan fingerprint density at radius 3 is 3.14 bits per heavy atom. The molecule has 1 unspecified atom stereocenters. The molecular formula is C10H12BrClN2. The number of nitrogens with zero attached hydrogens (tertiary/aromatic N) is 2. The fourth-order valence-electron chi connectivity index (χ4n) is 1.70. The SMILES string of the molecule is Clc1cnccc1CN1CCC(Br)C1. The zero-order valence-corrected chi connectivity index (χ0v) is 10.1. The lowest BCUT2D eigenvalue weighted by atomic mass is 10.2. The number of likely N-dealkylation sites (tertiary alicyclic amines) is 1. The van der Waals surface area contributed by atoms with Crippen LogP contribution < -0.4 is 0 Å².